The summed E-state index contributed by atoms with van der Waals surface area (Å²) in [6.45, 7) is 2.09. The van der Waals surface area contributed by atoms with E-state index in [1.807, 2.05) is 19.2 Å². The highest BCUT2D eigenvalue weighted by Gasteiger charge is 2.16. The molecule has 2 aromatic rings. The molecule has 0 amide bonds. The van der Waals surface area contributed by atoms with Gasteiger partial charge in [-0.3, -0.25) is 0 Å². The summed E-state index contributed by atoms with van der Waals surface area (Å²) in [6.07, 6.45) is 0. The van der Waals surface area contributed by atoms with Crippen LogP contribution in [0.3, 0.4) is 0 Å². The number of rotatable bonds is 4. The predicted molar refractivity (Wildman–Crippen MR) is 90.5 cm³/mol. The number of benzene rings is 2. The molecule has 0 aromatic heterocycles. The summed E-state index contributed by atoms with van der Waals surface area (Å²) in [5.74, 6) is 0.848. The van der Waals surface area contributed by atoms with Gasteiger partial charge >= 0.3 is 0 Å². The van der Waals surface area contributed by atoms with E-state index in [4.69, 9.17) is 4.74 Å². The van der Waals surface area contributed by atoms with Gasteiger partial charge in [-0.05, 0) is 48.9 Å². The second-order valence-electron chi connectivity index (χ2n) is 4.62. The van der Waals surface area contributed by atoms with Crippen LogP contribution in [-0.4, -0.2) is 14.2 Å². The molecule has 2 aromatic carbocycles. The number of halogens is 2. The number of hydrogen-bond acceptors (Lipinski definition) is 2. The first kappa shape index (κ1) is 15.5. The maximum absolute atomic E-state index is 5.25. The van der Waals surface area contributed by atoms with Crippen molar-refractivity contribution >= 4 is 31.9 Å². The summed E-state index contributed by atoms with van der Waals surface area (Å²) >= 11 is 7.23. The van der Waals surface area contributed by atoms with E-state index in [9.17, 15) is 0 Å². The molecule has 2 rings (SSSR count). The van der Waals surface area contributed by atoms with Crippen molar-refractivity contribution in [2.24, 2.45) is 0 Å². The smallest absolute Gasteiger partial charge is 0.120 e. The first-order valence-electron chi connectivity index (χ1n) is 6.33. The highest BCUT2D eigenvalue weighted by atomic mass is 79.9. The number of methoxy groups -OCH3 is 1. The minimum Gasteiger partial charge on any atom is -0.497 e. The Morgan fingerprint density at radius 3 is 2.35 bits per heavy atom. The van der Waals surface area contributed by atoms with E-state index in [2.05, 4.69) is 68.4 Å². The quantitative estimate of drug-likeness (QED) is 0.795. The van der Waals surface area contributed by atoms with Gasteiger partial charge in [-0.25, -0.2) is 0 Å². The summed E-state index contributed by atoms with van der Waals surface area (Å²) in [4.78, 5) is 0. The Bertz CT molecular complexity index is 613. The number of hydrogen-bond donors (Lipinski definition) is 1. The van der Waals surface area contributed by atoms with Crippen LogP contribution in [0.5, 0.6) is 5.75 Å². The zero-order chi connectivity index (χ0) is 14.7. The van der Waals surface area contributed by atoms with Crippen molar-refractivity contribution in [2.45, 2.75) is 13.0 Å². The Balaban J connectivity index is 2.43. The zero-order valence-corrected chi connectivity index (χ0v) is 14.9. The molecule has 0 heterocycles. The normalized spacial score (nSPS) is 12.2. The first-order chi connectivity index (χ1) is 9.56. The lowest BCUT2D eigenvalue weighted by Gasteiger charge is -2.20. The molecule has 0 bridgehead atoms. The topological polar surface area (TPSA) is 21.3 Å². The van der Waals surface area contributed by atoms with Gasteiger partial charge in [-0.15, -0.1) is 0 Å². The van der Waals surface area contributed by atoms with E-state index >= 15 is 0 Å². The third-order valence-electron chi connectivity index (χ3n) is 3.34. The van der Waals surface area contributed by atoms with Gasteiger partial charge in [0, 0.05) is 8.95 Å². The van der Waals surface area contributed by atoms with Crippen molar-refractivity contribution in [3.63, 3.8) is 0 Å². The number of aryl methyl sites for hydroxylation is 1. The van der Waals surface area contributed by atoms with E-state index in [0.29, 0.717) is 0 Å². The molecular formula is C16H17Br2NO. The van der Waals surface area contributed by atoms with Crippen molar-refractivity contribution in [3.8, 4) is 5.75 Å². The molecule has 0 spiro atoms. The molecule has 106 valence electrons. The lowest BCUT2D eigenvalue weighted by atomic mass is 9.98. The van der Waals surface area contributed by atoms with E-state index < -0.39 is 0 Å². The summed E-state index contributed by atoms with van der Waals surface area (Å²) in [5.41, 5.74) is 3.64. The van der Waals surface area contributed by atoms with Crippen molar-refractivity contribution < 1.29 is 4.74 Å². The molecule has 0 aliphatic heterocycles. The zero-order valence-electron chi connectivity index (χ0n) is 11.7. The van der Waals surface area contributed by atoms with Gasteiger partial charge in [0.15, 0.2) is 0 Å². The van der Waals surface area contributed by atoms with E-state index in [-0.39, 0.29) is 6.04 Å². The third-order valence-corrected chi connectivity index (χ3v) is 4.88. The molecule has 0 saturated heterocycles. The molecular weight excluding hydrogens is 382 g/mol. The van der Waals surface area contributed by atoms with Crippen LogP contribution in [0.15, 0.2) is 45.3 Å². The third kappa shape index (κ3) is 3.25. The van der Waals surface area contributed by atoms with Crippen molar-refractivity contribution in [3.05, 3.63) is 62.0 Å². The molecule has 1 unspecified atom stereocenters. The molecule has 0 aliphatic rings. The fourth-order valence-electron chi connectivity index (χ4n) is 2.16. The van der Waals surface area contributed by atoms with E-state index in [1.165, 1.54) is 16.7 Å². The van der Waals surface area contributed by atoms with Crippen molar-refractivity contribution in [1.82, 2.24) is 5.32 Å². The highest BCUT2D eigenvalue weighted by Crippen LogP contribution is 2.32. The Labute approximate surface area is 136 Å². The standard InChI is InChI=1S/C16H17Br2NO/c1-10-4-5-11(8-14(10)17)16(19-2)13-7-6-12(20-3)9-15(13)18/h4-9,16,19H,1-3H3. The van der Waals surface area contributed by atoms with Crippen LogP contribution in [0.4, 0.5) is 0 Å². The Morgan fingerprint density at radius 1 is 1.05 bits per heavy atom. The van der Waals surface area contributed by atoms with Crippen LogP contribution < -0.4 is 10.1 Å². The maximum atomic E-state index is 5.25. The van der Waals surface area contributed by atoms with Crippen molar-refractivity contribution in [1.29, 1.82) is 0 Å². The van der Waals surface area contributed by atoms with Crippen LogP contribution >= 0.6 is 31.9 Å². The monoisotopic (exact) mass is 397 g/mol. The first-order valence-corrected chi connectivity index (χ1v) is 7.92. The Kier molecular flexibility index (Phi) is 5.24. The Hall–Kier alpha value is -0.840. The van der Waals surface area contributed by atoms with Crippen LogP contribution in [0, 0.1) is 6.92 Å². The molecule has 20 heavy (non-hydrogen) atoms. The van der Waals surface area contributed by atoms with Crippen LogP contribution in [0.25, 0.3) is 0 Å². The fraction of sp³-hybridized carbons (Fsp3) is 0.250. The predicted octanol–water partition coefficient (Wildman–Crippen LogP) is 4.84. The molecule has 2 nitrogen and oxygen atoms in total. The SMILES string of the molecule is CNC(c1ccc(C)c(Br)c1)c1ccc(OC)cc1Br. The molecule has 4 heteroatoms. The Morgan fingerprint density at radius 2 is 1.80 bits per heavy atom. The minimum atomic E-state index is 0.132. The molecule has 0 aliphatic carbocycles. The minimum absolute atomic E-state index is 0.132. The van der Waals surface area contributed by atoms with Gasteiger partial charge in [0.25, 0.3) is 0 Å². The molecule has 0 fully saturated rings. The summed E-state index contributed by atoms with van der Waals surface area (Å²) in [6, 6.07) is 12.6. The highest BCUT2D eigenvalue weighted by molar-refractivity contribution is 9.10. The second kappa shape index (κ2) is 6.74. The number of ether oxygens (including phenoxy) is 1. The largest absolute Gasteiger partial charge is 0.497 e. The lowest BCUT2D eigenvalue weighted by molar-refractivity contribution is 0.414. The van der Waals surface area contributed by atoms with E-state index in [0.717, 1.165) is 14.7 Å². The summed E-state index contributed by atoms with van der Waals surface area (Å²) in [5, 5.41) is 3.37. The summed E-state index contributed by atoms with van der Waals surface area (Å²) < 4.78 is 7.41. The van der Waals surface area contributed by atoms with Gasteiger partial charge in [0.05, 0.1) is 13.2 Å². The van der Waals surface area contributed by atoms with Gasteiger partial charge in [-0.1, -0.05) is 50.1 Å². The van der Waals surface area contributed by atoms with Gasteiger partial charge in [-0.2, -0.15) is 0 Å². The molecule has 0 saturated carbocycles. The van der Waals surface area contributed by atoms with Crippen LogP contribution in [0.2, 0.25) is 0 Å². The lowest BCUT2D eigenvalue weighted by Crippen LogP contribution is -2.18. The van der Waals surface area contributed by atoms with E-state index in [1.54, 1.807) is 7.11 Å². The number of nitrogens with one attached hydrogen (secondary N) is 1. The van der Waals surface area contributed by atoms with Crippen LogP contribution in [0.1, 0.15) is 22.7 Å². The maximum Gasteiger partial charge on any atom is 0.120 e. The average molecular weight is 399 g/mol. The molecule has 1 N–H and O–H groups in total. The average Bonchev–Trinajstić information content (AvgIpc) is 2.45. The molecule has 0 radical (unpaired) electrons. The summed E-state index contributed by atoms with van der Waals surface area (Å²) in [7, 11) is 3.64. The van der Waals surface area contributed by atoms with Gasteiger partial charge in [0.2, 0.25) is 0 Å². The van der Waals surface area contributed by atoms with Gasteiger partial charge in [0.1, 0.15) is 5.75 Å². The van der Waals surface area contributed by atoms with Crippen molar-refractivity contribution in [2.75, 3.05) is 14.2 Å². The van der Waals surface area contributed by atoms with Crippen LogP contribution in [-0.2, 0) is 0 Å². The van der Waals surface area contributed by atoms with Gasteiger partial charge < -0.3 is 10.1 Å². The fourth-order valence-corrected chi connectivity index (χ4v) is 3.14. The second-order valence-corrected chi connectivity index (χ2v) is 6.33. The molecule has 1 atom stereocenters.